The number of rotatable bonds is 7. The van der Waals surface area contributed by atoms with Crippen molar-refractivity contribution in [3.05, 3.63) is 81.6 Å². The van der Waals surface area contributed by atoms with Crippen LogP contribution < -0.4 is 10.9 Å². The molecule has 3 rings (SSSR count). The van der Waals surface area contributed by atoms with Gasteiger partial charge in [-0.3, -0.25) is 9.59 Å². The molecule has 29 heavy (non-hydrogen) atoms. The van der Waals surface area contributed by atoms with E-state index in [1.807, 2.05) is 36.4 Å². The fourth-order valence-corrected chi connectivity index (χ4v) is 3.07. The van der Waals surface area contributed by atoms with Crippen LogP contribution in [-0.2, 0) is 11.3 Å². The van der Waals surface area contributed by atoms with Crippen LogP contribution in [0, 0.1) is 0 Å². The van der Waals surface area contributed by atoms with E-state index in [0.717, 1.165) is 11.3 Å². The summed E-state index contributed by atoms with van der Waals surface area (Å²) in [6.07, 6.45) is 0.831. The van der Waals surface area contributed by atoms with Crippen LogP contribution in [0.5, 0.6) is 0 Å². The maximum Gasteiger partial charge on any atom is 0.266 e. The van der Waals surface area contributed by atoms with Crippen LogP contribution in [0.4, 0.5) is 5.69 Å². The van der Waals surface area contributed by atoms with Gasteiger partial charge in [-0.05, 0) is 48.2 Å². The summed E-state index contributed by atoms with van der Waals surface area (Å²) in [5.41, 5.74) is 3.39. The van der Waals surface area contributed by atoms with Gasteiger partial charge in [0.05, 0.1) is 5.69 Å². The molecule has 0 unspecified atom stereocenters. The van der Waals surface area contributed by atoms with Gasteiger partial charge in [0.25, 0.3) is 5.56 Å². The van der Waals surface area contributed by atoms with Gasteiger partial charge in [0.2, 0.25) is 5.91 Å². The van der Waals surface area contributed by atoms with E-state index in [9.17, 15) is 9.59 Å². The minimum absolute atomic E-state index is 0.0794. The molecule has 0 saturated carbocycles. The average Bonchev–Trinajstić information content (AvgIpc) is 2.70. The smallest absolute Gasteiger partial charge is 0.266 e. The molecule has 0 bridgehead atoms. The van der Waals surface area contributed by atoms with Gasteiger partial charge in [0, 0.05) is 35.3 Å². The van der Waals surface area contributed by atoms with E-state index < -0.39 is 0 Å². The summed E-state index contributed by atoms with van der Waals surface area (Å²) in [6.45, 7) is 4.64. The Labute approximate surface area is 175 Å². The monoisotopic (exact) mass is 409 g/mol. The summed E-state index contributed by atoms with van der Waals surface area (Å²) in [4.78, 5) is 24.3. The first-order valence-corrected chi connectivity index (χ1v) is 10.0. The van der Waals surface area contributed by atoms with Crippen molar-refractivity contribution in [3.8, 4) is 11.3 Å². The summed E-state index contributed by atoms with van der Waals surface area (Å²) in [5.74, 6) is 0.374. The van der Waals surface area contributed by atoms with E-state index in [4.69, 9.17) is 11.6 Å². The van der Waals surface area contributed by atoms with Gasteiger partial charge in [0.15, 0.2) is 0 Å². The minimum atomic E-state index is -0.188. The van der Waals surface area contributed by atoms with Crippen molar-refractivity contribution in [2.24, 2.45) is 0 Å². The number of anilines is 1. The van der Waals surface area contributed by atoms with E-state index in [0.29, 0.717) is 36.0 Å². The number of nitrogens with zero attached hydrogens (tertiary/aromatic N) is 2. The topological polar surface area (TPSA) is 64.0 Å². The molecule has 2 aromatic carbocycles. The third-order valence-corrected chi connectivity index (χ3v) is 4.89. The lowest BCUT2D eigenvalue weighted by Gasteiger charge is -2.09. The van der Waals surface area contributed by atoms with E-state index in [1.54, 1.807) is 18.2 Å². The van der Waals surface area contributed by atoms with E-state index in [-0.39, 0.29) is 11.5 Å². The van der Waals surface area contributed by atoms with Gasteiger partial charge in [-0.2, -0.15) is 5.10 Å². The summed E-state index contributed by atoms with van der Waals surface area (Å²) in [5, 5.41) is 7.95. The van der Waals surface area contributed by atoms with Crippen LogP contribution in [0.1, 0.15) is 38.2 Å². The number of halogens is 1. The first-order chi connectivity index (χ1) is 13.9. The lowest BCUT2D eigenvalue weighted by Crippen LogP contribution is -2.23. The Morgan fingerprint density at radius 2 is 1.72 bits per heavy atom. The van der Waals surface area contributed by atoms with Gasteiger partial charge >= 0.3 is 0 Å². The van der Waals surface area contributed by atoms with Gasteiger partial charge in [0.1, 0.15) is 0 Å². The van der Waals surface area contributed by atoms with Crippen molar-refractivity contribution in [2.45, 2.75) is 39.2 Å². The highest BCUT2D eigenvalue weighted by Gasteiger charge is 2.07. The molecule has 0 aliphatic carbocycles. The number of carbonyl (C=O) groups excluding carboxylic acids is 1. The third kappa shape index (κ3) is 5.78. The Balaban J connectivity index is 1.57. The number of hydrogen-bond acceptors (Lipinski definition) is 3. The second-order valence-electron chi connectivity index (χ2n) is 7.22. The quantitative estimate of drug-likeness (QED) is 0.590. The highest BCUT2D eigenvalue weighted by atomic mass is 35.5. The molecule has 0 radical (unpaired) electrons. The summed E-state index contributed by atoms with van der Waals surface area (Å²) in [6, 6.07) is 18.3. The standard InChI is InChI=1S/C23H24ClN3O2/c1-16(2)17-7-11-20(12-8-17)25-22(28)4-3-15-27-23(29)14-13-21(26-27)18-5-9-19(24)10-6-18/h5-14,16H,3-4,15H2,1-2H3,(H,25,28). The van der Waals surface area contributed by atoms with Crippen LogP contribution in [0.3, 0.4) is 0 Å². The van der Waals surface area contributed by atoms with Crippen LogP contribution in [0.2, 0.25) is 5.02 Å². The molecule has 0 saturated heterocycles. The van der Waals surface area contributed by atoms with Gasteiger partial charge in [-0.25, -0.2) is 4.68 Å². The summed E-state index contributed by atoms with van der Waals surface area (Å²) >= 11 is 5.92. The molecule has 1 N–H and O–H groups in total. The number of carbonyl (C=O) groups is 1. The van der Waals surface area contributed by atoms with Crippen molar-refractivity contribution >= 4 is 23.2 Å². The SMILES string of the molecule is CC(C)c1ccc(NC(=O)CCCn2nc(-c3ccc(Cl)cc3)ccc2=O)cc1. The second-order valence-corrected chi connectivity index (χ2v) is 7.65. The van der Waals surface area contributed by atoms with E-state index in [1.165, 1.54) is 16.3 Å². The molecule has 0 atom stereocenters. The second kappa shape index (κ2) is 9.52. The Bertz CT molecular complexity index is 1030. The number of nitrogens with one attached hydrogen (secondary N) is 1. The molecule has 1 amide bonds. The largest absolute Gasteiger partial charge is 0.326 e. The van der Waals surface area contributed by atoms with Crippen molar-refractivity contribution in [3.63, 3.8) is 0 Å². The van der Waals surface area contributed by atoms with Crippen molar-refractivity contribution in [1.29, 1.82) is 0 Å². The van der Waals surface area contributed by atoms with Crippen molar-refractivity contribution in [2.75, 3.05) is 5.32 Å². The zero-order chi connectivity index (χ0) is 20.8. The Hall–Kier alpha value is -2.92. The van der Waals surface area contributed by atoms with Crippen LogP contribution in [-0.4, -0.2) is 15.7 Å². The van der Waals surface area contributed by atoms with Crippen LogP contribution in [0.15, 0.2) is 65.5 Å². The lowest BCUT2D eigenvalue weighted by atomic mass is 10.0. The maximum absolute atomic E-state index is 12.2. The maximum atomic E-state index is 12.2. The predicted molar refractivity (Wildman–Crippen MR) is 117 cm³/mol. The van der Waals surface area contributed by atoms with Crippen LogP contribution >= 0.6 is 11.6 Å². The Morgan fingerprint density at radius 3 is 2.38 bits per heavy atom. The number of aryl methyl sites for hydroxylation is 1. The van der Waals surface area contributed by atoms with E-state index >= 15 is 0 Å². The molecule has 0 aliphatic rings. The highest BCUT2D eigenvalue weighted by molar-refractivity contribution is 6.30. The highest BCUT2D eigenvalue weighted by Crippen LogP contribution is 2.19. The third-order valence-electron chi connectivity index (χ3n) is 4.64. The minimum Gasteiger partial charge on any atom is -0.326 e. The summed E-state index contributed by atoms with van der Waals surface area (Å²) in [7, 11) is 0. The fraction of sp³-hybridized carbons (Fsp3) is 0.261. The van der Waals surface area contributed by atoms with Crippen molar-refractivity contribution < 1.29 is 4.79 Å². The predicted octanol–water partition coefficient (Wildman–Crippen LogP) is 5.11. The lowest BCUT2D eigenvalue weighted by molar-refractivity contribution is -0.116. The van der Waals surface area contributed by atoms with Gasteiger partial charge < -0.3 is 5.32 Å². The Morgan fingerprint density at radius 1 is 1.03 bits per heavy atom. The molecule has 0 fully saturated rings. The molecule has 1 aromatic heterocycles. The number of amides is 1. The molecule has 0 aliphatic heterocycles. The molecule has 3 aromatic rings. The van der Waals surface area contributed by atoms with E-state index in [2.05, 4.69) is 24.3 Å². The van der Waals surface area contributed by atoms with Gasteiger partial charge in [-0.1, -0.05) is 49.7 Å². The van der Waals surface area contributed by atoms with Crippen molar-refractivity contribution in [1.82, 2.24) is 9.78 Å². The molecular weight excluding hydrogens is 386 g/mol. The molecular formula is C23H24ClN3O2. The Kier molecular flexibility index (Phi) is 6.83. The number of aromatic nitrogens is 2. The normalized spacial score (nSPS) is 10.9. The number of hydrogen-bond donors (Lipinski definition) is 1. The average molecular weight is 410 g/mol. The molecule has 0 spiro atoms. The fourth-order valence-electron chi connectivity index (χ4n) is 2.95. The van der Waals surface area contributed by atoms with Crippen LogP contribution in [0.25, 0.3) is 11.3 Å². The zero-order valence-electron chi connectivity index (χ0n) is 16.6. The number of benzene rings is 2. The molecule has 5 nitrogen and oxygen atoms in total. The summed E-state index contributed by atoms with van der Waals surface area (Å²) < 4.78 is 1.40. The first kappa shape index (κ1) is 20.8. The zero-order valence-corrected chi connectivity index (χ0v) is 17.3. The molecule has 150 valence electrons. The molecule has 6 heteroatoms. The molecule has 1 heterocycles. The van der Waals surface area contributed by atoms with Gasteiger partial charge in [-0.15, -0.1) is 0 Å². The first-order valence-electron chi connectivity index (χ1n) is 9.66.